The van der Waals surface area contributed by atoms with E-state index < -0.39 is 0 Å². The van der Waals surface area contributed by atoms with Crippen LogP contribution in [0.5, 0.6) is 5.75 Å². The summed E-state index contributed by atoms with van der Waals surface area (Å²) in [5, 5.41) is 3.24. The Morgan fingerprint density at radius 2 is 1.68 bits per heavy atom. The van der Waals surface area contributed by atoms with Gasteiger partial charge in [0.1, 0.15) is 12.4 Å². The van der Waals surface area contributed by atoms with E-state index in [-0.39, 0.29) is 0 Å². The smallest absolute Gasteiger partial charge is 0.120 e. The molecule has 0 spiro atoms. The molecule has 0 aliphatic carbocycles. The number of hydrogen-bond donors (Lipinski definition) is 1. The first-order chi connectivity index (χ1) is 12.2. The summed E-state index contributed by atoms with van der Waals surface area (Å²) < 4.78 is 6.08. The van der Waals surface area contributed by atoms with Crippen LogP contribution in [0, 0.1) is 6.92 Å². The monoisotopic (exact) mass is 349 g/mol. The molecule has 3 aromatic carbocycles. The molecule has 3 aromatic rings. The van der Waals surface area contributed by atoms with E-state index in [1.807, 2.05) is 19.2 Å². The van der Waals surface area contributed by atoms with Gasteiger partial charge in [0.2, 0.25) is 0 Å². The maximum atomic E-state index is 6.08. The maximum absolute atomic E-state index is 6.08. The van der Waals surface area contributed by atoms with Crippen molar-refractivity contribution in [2.75, 3.05) is 18.6 Å². The fourth-order valence-corrected chi connectivity index (χ4v) is 3.24. The van der Waals surface area contributed by atoms with Gasteiger partial charge in [-0.3, -0.25) is 0 Å². The molecule has 1 N–H and O–H groups in total. The van der Waals surface area contributed by atoms with Crippen LogP contribution in [0.2, 0.25) is 0 Å². The highest BCUT2D eigenvalue weighted by molar-refractivity contribution is 7.98. The van der Waals surface area contributed by atoms with Gasteiger partial charge in [0.15, 0.2) is 0 Å². The lowest BCUT2D eigenvalue weighted by atomic mass is 10.1. The average molecular weight is 349 g/mol. The standard InChI is InChI=1S/C22H23NOS/c1-16-6-4-9-22(23-2)21(16)15-24-19-8-5-7-18(14-19)17-10-12-20(25-3)13-11-17/h4-14,23H,15H2,1-3H3. The second kappa shape index (κ2) is 8.13. The summed E-state index contributed by atoms with van der Waals surface area (Å²) in [7, 11) is 1.94. The van der Waals surface area contributed by atoms with Gasteiger partial charge >= 0.3 is 0 Å². The Balaban J connectivity index is 1.78. The number of hydrogen-bond acceptors (Lipinski definition) is 3. The van der Waals surface area contributed by atoms with Crippen LogP contribution in [0.4, 0.5) is 5.69 Å². The Labute approximate surface area is 154 Å². The molecule has 3 heteroatoms. The molecule has 25 heavy (non-hydrogen) atoms. The minimum atomic E-state index is 0.553. The molecular formula is C22H23NOS. The van der Waals surface area contributed by atoms with Crippen LogP contribution in [0.3, 0.4) is 0 Å². The van der Waals surface area contributed by atoms with Crippen molar-refractivity contribution in [3.05, 3.63) is 77.9 Å². The number of benzene rings is 3. The molecular weight excluding hydrogens is 326 g/mol. The third kappa shape index (κ3) is 4.18. The molecule has 0 amide bonds. The third-order valence-corrected chi connectivity index (χ3v) is 5.06. The molecule has 0 bridgehead atoms. The molecule has 0 radical (unpaired) electrons. The first-order valence-corrected chi connectivity index (χ1v) is 9.57. The van der Waals surface area contributed by atoms with Crippen molar-refractivity contribution >= 4 is 17.4 Å². The van der Waals surface area contributed by atoms with E-state index in [0.29, 0.717) is 6.61 Å². The topological polar surface area (TPSA) is 21.3 Å². The van der Waals surface area contributed by atoms with E-state index in [9.17, 15) is 0 Å². The number of rotatable bonds is 6. The quantitative estimate of drug-likeness (QED) is 0.551. The van der Waals surface area contributed by atoms with E-state index in [0.717, 1.165) is 11.4 Å². The number of thioether (sulfide) groups is 1. The van der Waals surface area contributed by atoms with Gasteiger partial charge < -0.3 is 10.1 Å². The van der Waals surface area contributed by atoms with Crippen LogP contribution in [0.15, 0.2) is 71.6 Å². The zero-order valence-electron chi connectivity index (χ0n) is 14.9. The van der Waals surface area contributed by atoms with Crippen LogP contribution in [-0.2, 0) is 6.61 Å². The molecule has 0 unspecified atom stereocenters. The van der Waals surface area contributed by atoms with Gasteiger partial charge in [-0.25, -0.2) is 0 Å². The van der Waals surface area contributed by atoms with Crippen molar-refractivity contribution < 1.29 is 4.74 Å². The van der Waals surface area contributed by atoms with Crippen LogP contribution in [0.1, 0.15) is 11.1 Å². The number of ether oxygens (including phenoxy) is 1. The molecule has 0 atom stereocenters. The summed E-state index contributed by atoms with van der Waals surface area (Å²) in [5.74, 6) is 0.886. The summed E-state index contributed by atoms with van der Waals surface area (Å²) in [4.78, 5) is 1.27. The van der Waals surface area contributed by atoms with Gasteiger partial charge in [-0.15, -0.1) is 11.8 Å². The lowest BCUT2D eigenvalue weighted by Gasteiger charge is -2.14. The van der Waals surface area contributed by atoms with Gasteiger partial charge in [0.05, 0.1) is 0 Å². The fourth-order valence-electron chi connectivity index (χ4n) is 2.83. The SMILES string of the molecule is CNc1cccc(C)c1COc1cccc(-c2ccc(SC)cc2)c1. The average Bonchev–Trinajstić information content (AvgIpc) is 2.67. The Bertz CT molecular complexity index is 843. The van der Waals surface area contributed by atoms with E-state index in [4.69, 9.17) is 4.74 Å². The summed E-state index contributed by atoms with van der Waals surface area (Å²) in [6, 6.07) is 23.2. The van der Waals surface area contributed by atoms with E-state index in [1.165, 1.54) is 27.1 Å². The van der Waals surface area contributed by atoms with E-state index in [1.54, 1.807) is 11.8 Å². The van der Waals surface area contributed by atoms with E-state index in [2.05, 4.69) is 73.1 Å². The first-order valence-electron chi connectivity index (χ1n) is 8.35. The number of nitrogens with one attached hydrogen (secondary N) is 1. The second-order valence-electron chi connectivity index (χ2n) is 5.90. The zero-order chi connectivity index (χ0) is 17.6. The largest absolute Gasteiger partial charge is 0.489 e. The Morgan fingerprint density at radius 1 is 0.920 bits per heavy atom. The molecule has 3 rings (SSSR count). The zero-order valence-corrected chi connectivity index (χ0v) is 15.7. The van der Waals surface area contributed by atoms with Crippen molar-refractivity contribution in [2.24, 2.45) is 0 Å². The predicted molar refractivity (Wildman–Crippen MR) is 109 cm³/mol. The normalized spacial score (nSPS) is 10.5. The molecule has 2 nitrogen and oxygen atoms in total. The molecule has 0 heterocycles. The Hall–Kier alpha value is -2.39. The maximum Gasteiger partial charge on any atom is 0.120 e. The highest BCUT2D eigenvalue weighted by Gasteiger charge is 2.06. The minimum Gasteiger partial charge on any atom is -0.489 e. The van der Waals surface area contributed by atoms with Gasteiger partial charge in [0.25, 0.3) is 0 Å². The van der Waals surface area contributed by atoms with Crippen molar-refractivity contribution in [2.45, 2.75) is 18.4 Å². The van der Waals surface area contributed by atoms with Gasteiger partial charge in [0, 0.05) is 23.2 Å². The third-order valence-electron chi connectivity index (χ3n) is 4.32. The van der Waals surface area contributed by atoms with E-state index >= 15 is 0 Å². The van der Waals surface area contributed by atoms with Crippen molar-refractivity contribution in [3.63, 3.8) is 0 Å². The van der Waals surface area contributed by atoms with Gasteiger partial charge in [-0.05, 0) is 60.2 Å². The second-order valence-corrected chi connectivity index (χ2v) is 6.78. The molecule has 0 aliphatic heterocycles. The minimum absolute atomic E-state index is 0.553. The van der Waals surface area contributed by atoms with Crippen LogP contribution in [-0.4, -0.2) is 13.3 Å². The van der Waals surface area contributed by atoms with Crippen LogP contribution in [0.25, 0.3) is 11.1 Å². The van der Waals surface area contributed by atoms with Gasteiger partial charge in [-0.1, -0.05) is 36.4 Å². The summed E-state index contributed by atoms with van der Waals surface area (Å²) in [6.45, 7) is 2.67. The molecule has 128 valence electrons. The van der Waals surface area contributed by atoms with Crippen molar-refractivity contribution in [3.8, 4) is 16.9 Å². The highest BCUT2D eigenvalue weighted by Crippen LogP contribution is 2.27. The van der Waals surface area contributed by atoms with Gasteiger partial charge in [-0.2, -0.15) is 0 Å². The lowest BCUT2D eigenvalue weighted by Crippen LogP contribution is -2.03. The molecule has 0 aliphatic rings. The Morgan fingerprint density at radius 3 is 2.40 bits per heavy atom. The highest BCUT2D eigenvalue weighted by atomic mass is 32.2. The lowest BCUT2D eigenvalue weighted by molar-refractivity contribution is 0.306. The summed E-state index contributed by atoms with van der Waals surface area (Å²) in [5.41, 5.74) is 5.91. The van der Waals surface area contributed by atoms with Crippen LogP contribution < -0.4 is 10.1 Å². The number of anilines is 1. The predicted octanol–water partition coefficient (Wildman–Crippen LogP) is 6.00. The first kappa shape index (κ1) is 17.4. The molecule has 0 fully saturated rings. The Kier molecular flexibility index (Phi) is 5.67. The fraction of sp³-hybridized carbons (Fsp3) is 0.182. The summed E-state index contributed by atoms with van der Waals surface area (Å²) in [6.07, 6.45) is 2.09. The van der Waals surface area contributed by atoms with Crippen LogP contribution >= 0.6 is 11.8 Å². The summed E-state index contributed by atoms with van der Waals surface area (Å²) >= 11 is 1.76. The molecule has 0 saturated heterocycles. The molecule has 0 aromatic heterocycles. The van der Waals surface area contributed by atoms with Crippen molar-refractivity contribution in [1.82, 2.24) is 0 Å². The molecule has 0 saturated carbocycles. The number of aryl methyl sites for hydroxylation is 1. The van der Waals surface area contributed by atoms with Crippen molar-refractivity contribution in [1.29, 1.82) is 0 Å².